The first kappa shape index (κ1) is 33.2. The van der Waals surface area contributed by atoms with Crippen molar-refractivity contribution in [2.24, 2.45) is 0 Å². The standard InChI is InChI=1S/C27H63ClSi4/c1-19(2)29(20(3)4,21(5)6)32(28,30(22(7)8,23(9)10)24(11)12)31(25(13)14,26(15)16)27(17)18/h19-27H,1-18H3. The lowest BCUT2D eigenvalue weighted by molar-refractivity contribution is 0.815. The summed E-state index contributed by atoms with van der Waals surface area (Å²) in [6.07, 6.45) is 0. The van der Waals surface area contributed by atoms with Gasteiger partial charge in [0.2, 0.25) is 0 Å². The molecule has 0 aromatic carbocycles. The fourth-order valence-corrected chi connectivity index (χ4v) is 145. The highest BCUT2D eigenvalue weighted by atomic mass is 35.6. The van der Waals surface area contributed by atoms with Crippen molar-refractivity contribution in [2.75, 3.05) is 0 Å². The Kier molecular flexibility index (Phi) is 11.9. The molecule has 0 saturated heterocycles. The lowest BCUT2D eigenvalue weighted by Gasteiger charge is -2.72. The highest BCUT2D eigenvalue weighted by Crippen LogP contribution is 2.67. The number of hydrogen-bond acceptors (Lipinski definition) is 0. The van der Waals surface area contributed by atoms with Gasteiger partial charge in [-0.15, -0.1) is 0 Å². The van der Waals surface area contributed by atoms with Gasteiger partial charge in [-0.3, -0.25) is 0 Å². The maximum atomic E-state index is 9.19. The first-order valence-electron chi connectivity index (χ1n) is 13.9. The summed E-state index contributed by atoms with van der Waals surface area (Å²) < 4.78 is 0. The fraction of sp³-hybridized carbons (Fsp3) is 1.00. The topological polar surface area (TPSA) is 0 Å². The van der Waals surface area contributed by atoms with E-state index in [-0.39, 0.29) is 0 Å². The van der Waals surface area contributed by atoms with Gasteiger partial charge in [-0.05, 0) is 0 Å². The third kappa shape index (κ3) is 4.20. The molecular weight excluding hydrogens is 472 g/mol. The summed E-state index contributed by atoms with van der Waals surface area (Å²) in [6.45, 7) is 46.9. The van der Waals surface area contributed by atoms with Crippen LogP contribution >= 0.6 is 11.1 Å². The third-order valence-electron chi connectivity index (χ3n) is 10.4. The van der Waals surface area contributed by atoms with Gasteiger partial charge in [0.05, 0.1) is 22.8 Å². The quantitative estimate of drug-likeness (QED) is 0.172. The first-order valence-corrected chi connectivity index (χ1v) is 26.6. The minimum Gasteiger partial charge on any atom is -0.177 e. The molecule has 0 aromatic rings. The van der Waals surface area contributed by atoms with E-state index in [1.807, 2.05) is 0 Å². The lowest BCUT2D eigenvalue weighted by atomic mass is 10.5. The second-order valence-corrected chi connectivity index (χ2v) is 54.8. The zero-order valence-electron chi connectivity index (χ0n) is 25.6. The van der Waals surface area contributed by atoms with Gasteiger partial charge in [-0.1, -0.05) is 174 Å². The van der Waals surface area contributed by atoms with Gasteiger partial charge >= 0.3 is 0 Å². The van der Waals surface area contributed by atoms with Crippen molar-refractivity contribution >= 4 is 39.8 Å². The second-order valence-electron chi connectivity index (χ2n) is 13.8. The van der Waals surface area contributed by atoms with Gasteiger partial charge in [0, 0.05) is 0 Å². The maximum Gasteiger partial charge on any atom is 0.134 e. The first-order chi connectivity index (χ1) is 14.2. The van der Waals surface area contributed by atoms with E-state index >= 15 is 0 Å². The molecule has 0 rings (SSSR count). The summed E-state index contributed by atoms with van der Waals surface area (Å²) >= 11 is 9.19. The average Bonchev–Trinajstić information content (AvgIpc) is 2.52. The Morgan fingerprint density at radius 1 is 0.281 bits per heavy atom. The molecule has 0 bridgehead atoms. The molecule has 0 aliphatic rings. The Labute approximate surface area is 213 Å². The van der Waals surface area contributed by atoms with Crippen LogP contribution < -0.4 is 0 Å². The third-order valence-corrected chi connectivity index (χ3v) is 89.7. The monoisotopic (exact) mass is 534 g/mol. The zero-order chi connectivity index (χ0) is 26.2. The van der Waals surface area contributed by atoms with E-state index in [0.717, 1.165) is 49.9 Å². The molecule has 0 amide bonds. The van der Waals surface area contributed by atoms with Crippen LogP contribution in [0.3, 0.4) is 0 Å². The van der Waals surface area contributed by atoms with Crippen LogP contribution in [0.4, 0.5) is 0 Å². The van der Waals surface area contributed by atoms with Crippen LogP contribution in [-0.2, 0) is 0 Å². The van der Waals surface area contributed by atoms with Crippen LogP contribution in [0.25, 0.3) is 0 Å². The molecule has 0 nitrogen and oxygen atoms in total. The number of hydrogen-bond donors (Lipinski definition) is 0. The van der Waals surface area contributed by atoms with E-state index in [1.54, 1.807) is 0 Å². The second kappa shape index (κ2) is 11.5. The van der Waals surface area contributed by atoms with E-state index in [1.165, 1.54) is 0 Å². The molecule has 0 fully saturated rings. The van der Waals surface area contributed by atoms with Crippen molar-refractivity contribution < 1.29 is 0 Å². The molecule has 5 heteroatoms. The maximum absolute atomic E-state index is 9.19. The summed E-state index contributed by atoms with van der Waals surface area (Å²) in [6, 6.07) is 0. The Morgan fingerprint density at radius 3 is 0.438 bits per heavy atom. The van der Waals surface area contributed by atoms with Crippen molar-refractivity contribution in [1.82, 2.24) is 0 Å². The lowest BCUT2D eigenvalue weighted by Crippen LogP contribution is -2.92. The summed E-state index contributed by atoms with van der Waals surface area (Å²) in [5.74, 6) is -2.27. The van der Waals surface area contributed by atoms with Gasteiger partial charge < -0.3 is 0 Å². The van der Waals surface area contributed by atoms with Crippen molar-refractivity contribution in [1.29, 1.82) is 0 Å². The molecular formula is C27H63ClSi4. The molecule has 0 spiro atoms. The van der Waals surface area contributed by atoms with Gasteiger partial charge in [0.15, 0.2) is 0 Å². The van der Waals surface area contributed by atoms with E-state index in [0.29, 0.717) is 0 Å². The zero-order valence-corrected chi connectivity index (χ0v) is 30.3. The summed E-state index contributed by atoms with van der Waals surface area (Å²) in [5, 5.41) is 0. The highest BCUT2D eigenvalue weighted by Gasteiger charge is 2.79. The molecule has 32 heavy (non-hydrogen) atoms. The van der Waals surface area contributed by atoms with Gasteiger partial charge in [-0.25, -0.2) is 0 Å². The molecule has 0 aliphatic heterocycles. The van der Waals surface area contributed by atoms with Crippen LogP contribution in [0.1, 0.15) is 125 Å². The molecule has 0 aliphatic carbocycles. The van der Waals surface area contributed by atoms with Crippen LogP contribution in [0.5, 0.6) is 0 Å². The molecule has 194 valence electrons. The van der Waals surface area contributed by atoms with Crippen LogP contribution in [0.2, 0.25) is 49.9 Å². The van der Waals surface area contributed by atoms with E-state index in [9.17, 15) is 11.1 Å². The Hall–Kier alpha value is 1.16. The Balaban J connectivity index is 8.62. The van der Waals surface area contributed by atoms with E-state index in [4.69, 9.17) is 0 Å². The molecule has 0 N–H and O–H groups in total. The predicted octanol–water partition coefficient (Wildman–Crippen LogP) is 11.4. The SMILES string of the molecule is CC(C)[Si](C(C)C)(C(C)C)[Si](Cl)([Si](C(C)C)(C(C)C)C(C)C)[Si](C(C)C)(C(C)C)C(C)C. The molecule has 0 heterocycles. The van der Waals surface area contributed by atoms with E-state index in [2.05, 4.69) is 125 Å². The van der Waals surface area contributed by atoms with Gasteiger partial charge in [-0.2, -0.15) is 11.1 Å². The molecule has 0 unspecified atom stereocenters. The minimum atomic E-state index is -2.27. The largest absolute Gasteiger partial charge is 0.177 e. The van der Waals surface area contributed by atoms with Crippen LogP contribution in [0.15, 0.2) is 0 Å². The van der Waals surface area contributed by atoms with Crippen molar-refractivity contribution in [2.45, 2.75) is 174 Å². The number of halogens is 1. The van der Waals surface area contributed by atoms with Crippen molar-refractivity contribution in [3.63, 3.8) is 0 Å². The van der Waals surface area contributed by atoms with Gasteiger partial charge in [0.1, 0.15) is 5.94 Å². The summed E-state index contributed by atoms with van der Waals surface area (Å²) in [7, 11) is -5.70. The van der Waals surface area contributed by atoms with Gasteiger partial charge in [0.25, 0.3) is 0 Å². The average molecular weight is 536 g/mol. The summed E-state index contributed by atoms with van der Waals surface area (Å²) in [4.78, 5) is 0. The predicted molar refractivity (Wildman–Crippen MR) is 165 cm³/mol. The molecule has 0 saturated carbocycles. The summed E-state index contributed by atoms with van der Waals surface area (Å²) in [5.41, 5.74) is 6.73. The van der Waals surface area contributed by atoms with Crippen LogP contribution in [-0.4, -0.2) is 28.7 Å². The number of rotatable bonds is 12. The van der Waals surface area contributed by atoms with Crippen molar-refractivity contribution in [3.8, 4) is 0 Å². The Bertz CT molecular complexity index is 432. The molecule has 0 atom stereocenters. The van der Waals surface area contributed by atoms with E-state index < -0.39 is 28.7 Å². The minimum absolute atomic E-state index is 0.748. The molecule has 0 radical (unpaired) electrons. The Morgan fingerprint density at radius 2 is 0.375 bits per heavy atom. The fourth-order valence-electron chi connectivity index (χ4n) is 10.7. The molecule has 0 aromatic heterocycles. The highest BCUT2D eigenvalue weighted by molar-refractivity contribution is 8.03. The smallest absolute Gasteiger partial charge is 0.134 e. The van der Waals surface area contributed by atoms with Crippen LogP contribution in [0, 0.1) is 0 Å². The normalized spacial score (nSPS) is 15.4. The van der Waals surface area contributed by atoms with Crippen molar-refractivity contribution in [3.05, 3.63) is 0 Å².